The van der Waals surface area contributed by atoms with Crippen LogP contribution < -0.4 is 5.73 Å². The molecular weight excluding hydrogens is 226 g/mol. The summed E-state index contributed by atoms with van der Waals surface area (Å²) in [5.41, 5.74) is 5.65. The van der Waals surface area contributed by atoms with Gasteiger partial charge in [-0.1, -0.05) is 12.2 Å². The van der Waals surface area contributed by atoms with Crippen LogP contribution in [0.2, 0.25) is 0 Å². The molecule has 3 nitrogen and oxygen atoms in total. The van der Waals surface area contributed by atoms with Gasteiger partial charge in [-0.25, -0.2) is 0 Å². The lowest BCUT2D eigenvalue weighted by Crippen LogP contribution is -2.52. The van der Waals surface area contributed by atoms with E-state index in [-0.39, 0.29) is 6.04 Å². The highest BCUT2D eigenvalue weighted by atomic mass is 32.2. The van der Waals surface area contributed by atoms with Crippen LogP contribution in [0.25, 0.3) is 0 Å². The molecule has 1 fully saturated rings. The first-order chi connectivity index (χ1) is 7.15. The number of thioether (sulfide) groups is 1. The Balaban J connectivity index is 2.26. The molecule has 2 N–H and O–H groups in total. The molecule has 1 aliphatic rings. The number of nitrogens with zero attached hydrogens (tertiary/aromatic N) is 2. The predicted molar refractivity (Wildman–Crippen MR) is 72.6 cm³/mol. The summed E-state index contributed by atoms with van der Waals surface area (Å²) in [6.07, 6.45) is 2.16. The number of piperazine rings is 1. The van der Waals surface area contributed by atoms with Gasteiger partial charge in [0, 0.05) is 38.5 Å². The molecule has 1 aliphatic heterocycles. The van der Waals surface area contributed by atoms with Gasteiger partial charge in [-0.05, 0) is 13.2 Å². The normalized spacial score (nSPS) is 21.5. The summed E-state index contributed by atoms with van der Waals surface area (Å²) in [7, 11) is 0. The van der Waals surface area contributed by atoms with Crippen molar-refractivity contribution in [2.45, 2.75) is 13.0 Å². The average molecular weight is 247 g/mol. The Morgan fingerprint density at radius 1 is 1.40 bits per heavy atom. The number of rotatable bonds is 5. The lowest BCUT2D eigenvalue weighted by molar-refractivity contribution is 0.128. The van der Waals surface area contributed by atoms with Crippen molar-refractivity contribution in [1.29, 1.82) is 0 Å². The van der Waals surface area contributed by atoms with Crippen molar-refractivity contribution in [3.05, 3.63) is 0 Å². The Morgan fingerprint density at radius 2 is 2.00 bits per heavy atom. The minimum Gasteiger partial charge on any atom is -0.392 e. The highest BCUT2D eigenvalue weighted by Gasteiger charge is 2.21. The molecule has 0 aromatic rings. The van der Waals surface area contributed by atoms with Crippen LogP contribution in [0.15, 0.2) is 0 Å². The Kier molecular flexibility index (Phi) is 5.89. The molecule has 0 aromatic carbocycles. The molecule has 0 aromatic heterocycles. The second-order valence-electron chi connectivity index (χ2n) is 3.95. The standard InChI is InChI=1S/C10H21N3S2/c1-9(10(11)14)13-5-3-12(4-6-13)7-8-15-2/h9H,3-8H2,1-2H3,(H2,11,14). The third kappa shape index (κ3) is 4.26. The van der Waals surface area contributed by atoms with Crippen LogP contribution in [0.5, 0.6) is 0 Å². The zero-order valence-corrected chi connectivity index (χ0v) is 11.2. The molecule has 88 valence electrons. The molecule has 0 saturated carbocycles. The molecule has 1 rings (SSSR count). The Hall–Kier alpha value is 0.160. The Labute approximate surface area is 102 Å². The van der Waals surface area contributed by atoms with Crippen LogP contribution in [0.3, 0.4) is 0 Å². The van der Waals surface area contributed by atoms with Gasteiger partial charge >= 0.3 is 0 Å². The van der Waals surface area contributed by atoms with Gasteiger partial charge in [0.15, 0.2) is 0 Å². The van der Waals surface area contributed by atoms with E-state index < -0.39 is 0 Å². The van der Waals surface area contributed by atoms with Crippen molar-refractivity contribution in [3.8, 4) is 0 Å². The molecule has 0 spiro atoms. The van der Waals surface area contributed by atoms with Crippen molar-refractivity contribution in [3.63, 3.8) is 0 Å². The minimum absolute atomic E-state index is 0.253. The second-order valence-corrected chi connectivity index (χ2v) is 5.41. The van der Waals surface area contributed by atoms with E-state index in [0.717, 1.165) is 26.2 Å². The third-order valence-corrected chi connectivity index (χ3v) is 3.91. The maximum absolute atomic E-state index is 5.65. The van der Waals surface area contributed by atoms with E-state index in [1.54, 1.807) is 0 Å². The Morgan fingerprint density at radius 3 is 2.47 bits per heavy atom. The van der Waals surface area contributed by atoms with Gasteiger partial charge in [0.1, 0.15) is 0 Å². The van der Waals surface area contributed by atoms with Crippen molar-refractivity contribution < 1.29 is 0 Å². The van der Waals surface area contributed by atoms with E-state index in [9.17, 15) is 0 Å². The minimum atomic E-state index is 0.253. The fourth-order valence-corrected chi connectivity index (χ4v) is 2.36. The van der Waals surface area contributed by atoms with Crippen LogP contribution in [0, 0.1) is 0 Å². The largest absolute Gasteiger partial charge is 0.392 e. The first-order valence-corrected chi connectivity index (χ1v) is 7.20. The van der Waals surface area contributed by atoms with E-state index in [0.29, 0.717) is 4.99 Å². The number of nitrogens with two attached hydrogens (primary N) is 1. The number of thiocarbonyl (C=S) groups is 1. The predicted octanol–water partition coefficient (Wildman–Crippen LogP) is 0.642. The molecule has 1 unspecified atom stereocenters. The smallest absolute Gasteiger partial charge is 0.0899 e. The first-order valence-electron chi connectivity index (χ1n) is 5.40. The fourth-order valence-electron chi connectivity index (χ4n) is 1.77. The van der Waals surface area contributed by atoms with E-state index in [2.05, 4.69) is 23.0 Å². The molecule has 0 bridgehead atoms. The van der Waals surface area contributed by atoms with Crippen LogP contribution in [-0.4, -0.2) is 65.6 Å². The summed E-state index contributed by atoms with van der Waals surface area (Å²) in [6.45, 7) is 7.77. The average Bonchev–Trinajstić information content (AvgIpc) is 2.26. The number of hydrogen-bond acceptors (Lipinski definition) is 4. The van der Waals surface area contributed by atoms with Crippen LogP contribution >= 0.6 is 24.0 Å². The van der Waals surface area contributed by atoms with Gasteiger partial charge in [0.2, 0.25) is 0 Å². The van der Waals surface area contributed by atoms with Crippen molar-refractivity contribution in [1.82, 2.24) is 9.80 Å². The van der Waals surface area contributed by atoms with Gasteiger partial charge in [-0.2, -0.15) is 11.8 Å². The molecule has 1 heterocycles. The zero-order chi connectivity index (χ0) is 11.3. The topological polar surface area (TPSA) is 32.5 Å². The summed E-state index contributed by atoms with van der Waals surface area (Å²) in [6, 6.07) is 0.253. The highest BCUT2D eigenvalue weighted by molar-refractivity contribution is 7.98. The summed E-state index contributed by atoms with van der Waals surface area (Å²) >= 11 is 6.93. The summed E-state index contributed by atoms with van der Waals surface area (Å²) < 4.78 is 0. The number of hydrogen-bond donors (Lipinski definition) is 1. The summed E-state index contributed by atoms with van der Waals surface area (Å²) in [5, 5.41) is 0. The summed E-state index contributed by atoms with van der Waals surface area (Å²) in [5.74, 6) is 1.23. The van der Waals surface area contributed by atoms with E-state index in [4.69, 9.17) is 18.0 Å². The molecule has 5 heteroatoms. The van der Waals surface area contributed by atoms with Gasteiger partial charge in [0.25, 0.3) is 0 Å². The van der Waals surface area contributed by atoms with Crippen molar-refractivity contribution >= 4 is 29.0 Å². The zero-order valence-electron chi connectivity index (χ0n) is 9.61. The molecule has 0 aliphatic carbocycles. The third-order valence-electron chi connectivity index (χ3n) is 2.98. The van der Waals surface area contributed by atoms with Gasteiger partial charge in [-0.3, -0.25) is 9.80 Å². The highest BCUT2D eigenvalue weighted by Crippen LogP contribution is 2.07. The first kappa shape index (κ1) is 13.2. The lowest BCUT2D eigenvalue weighted by Gasteiger charge is -2.37. The van der Waals surface area contributed by atoms with E-state index >= 15 is 0 Å². The van der Waals surface area contributed by atoms with Gasteiger partial charge < -0.3 is 5.73 Å². The van der Waals surface area contributed by atoms with Crippen LogP contribution in [-0.2, 0) is 0 Å². The maximum Gasteiger partial charge on any atom is 0.0899 e. The summed E-state index contributed by atoms with van der Waals surface area (Å²) in [4.78, 5) is 5.50. The molecule has 0 amide bonds. The molecule has 1 atom stereocenters. The fraction of sp³-hybridized carbons (Fsp3) is 0.900. The van der Waals surface area contributed by atoms with E-state index in [1.165, 1.54) is 12.3 Å². The molecule has 1 saturated heterocycles. The van der Waals surface area contributed by atoms with Crippen molar-refractivity contribution in [2.24, 2.45) is 5.73 Å². The van der Waals surface area contributed by atoms with Crippen LogP contribution in [0.4, 0.5) is 0 Å². The lowest BCUT2D eigenvalue weighted by atomic mass is 10.2. The van der Waals surface area contributed by atoms with Crippen LogP contribution in [0.1, 0.15) is 6.92 Å². The van der Waals surface area contributed by atoms with Crippen molar-refractivity contribution in [2.75, 3.05) is 44.7 Å². The SMILES string of the molecule is CSCCN1CCN(C(C)C(N)=S)CC1. The quantitative estimate of drug-likeness (QED) is 0.721. The molecular formula is C10H21N3S2. The molecule has 0 radical (unpaired) electrons. The monoisotopic (exact) mass is 247 g/mol. The van der Waals surface area contributed by atoms with E-state index in [1.807, 2.05) is 11.8 Å². The van der Waals surface area contributed by atoms with Gasteiger partial charge in [0.05, 0.1) is 11.0 Å². The maximum atomic E-state index is 5.65. The van der Waals surface area contributed by atoms with Gasteiger partial charge in [-0.15, -0.1) is 0 Å². The molecule has 15 heavy (non-hydrogen) atoms. The second kappa shape index (κ2) is 6.68. The Bertz CT molecular complexity index is 203.